The van der Waals surface area contributed by atoms with Crippen molar-refractivity contribution in [1.82, 2.24) is 19.7 Å². The Morgan fingerprint density at radius 2 is 2.08 bits per heavy atom. The highest BCUT2D eigenvalue weighted by molar-refractivity contribution is 5.78. The van der Waals surface area contributed by atoms with Gasteiger partial charge < -0.3 is 4.90 Å². The molecule has 134 valence electrons. The Bertz CT molecular complexity index is 680. The van der Waals surface area contributed by atoms with Crippen LogP contribution in [0.15, 0.2) is 36.9 Å². The summed E-state index contributed by atoms with van der Waals surface area (Å²) in [6.45, 7) is 4.09. The first-order chi connectivity index (χ1) is 12.1. The molecular formula is C19H25FN4O. The molecule has 2 aromatic rings. The van der Waals surface area contributed by atoms with E-state index >= 15 is 0 Å². The number of hydrogen-bond donors (Lipinski definition) is 0. The van der Waals surface area contributed by atoms with Crippen molar-refractivity contribution in [3.05, 3.63) is 48.3 Å². The fourth-order valence-corrected chi connectivity index (χ4v) is 3.50. The van der Waals surface area contributed by atoms with Crippen molar-refractivity contribution in [2.75, 3.05) is 13.1 Å². The second kappa shape index (κ2) is 8.23. The third kappa shape index (κ3) is 4.65. The number of rotatable bonds is 6. The lowest BCUT2D eigenvalue weighted by molar-refractivity contribution is -0.136. The molecule has 1 amide bonds. The lowest BCUT2D eigenvalue weighted by Gasteiger charge is -2.33. The van der Waals surface area contributed by atoms with E-state index in [-0.39, 0.29) is 17.6 Å². The molecule has 6 heteroatoms. The molecule has 0 bridgehead atoms. The number of piperidine rings is 1. The number of hydrogen-bond acceptors (Lipinski definition) is 3. The maximum Gasteiger partial charge on any atom is 0.227 e. The number of carbonyl (C=O) groups excluding carboxylic acids is 1. The predicted octanol–water partition coefficient (Wildman–Crippen LogP) is 2.92. The topological polar surface area (TPSA) is 51.0 Å². The second-order valence-electron chi connectivity index (χ2n) is 6.92. The predicted molar refractivity (Wildman–Crippen MR) is 93.2 cm³/mol. The van der Waals surface area contributed by atoms with Gasteiger partial charge in [0.05, 0.1) is 12.5 Å². The molecule has 0 saturated carbocycles. The summed E-state index contributed by atoms with van der Waals surface area (Å²) in [5.41, 5.74) is 0.794. The number of likely N-dealkylation sites (tertiary alicyclic amines) is 1. The van der Waals surface area contributed by atoms with Crippen molar-refractivity contribution in [3.63, 3.8) is 0 Å². The molecule has 0 unspecified atom stereocenters. The summed E-state index contributed by atoms with van der Waals surface area (Å²) < 4.78 is 15.4. The van der Waals surface area contributed by atoms with Crippen molar-refractivity contribution in [1.29, 1.82) is 0 Å². The number of nitrogens with zero attached hydrogens (tertiary/aromatic N) is 4. The highest BCUT2D eigenvalue weighted by Gasteiger charge is 2.26. The van der Waals surface area contributed by atoms with Gasteiger partial charge in [0.1, 0.15) is 18.5 Å². The van der Waals surface area contributed by atoms with Crippen LogP contribution in [0.4, 0.5) is 4.39 Å². The Morgan fingerprint density at radius 1 is 1.32 bits per heavy atom. The van der Waals surface area contributed by atoms with Gasteiger partial charge in [0.25, 0.3) is 0 Å². The summed E-state index contributed by atoms with van der Waals surface area (Å²) in [5, 5.41) is 4.06. The number of amides is 1. The minimum absolute atomic E-state index is 0.100. The molecule has 0 aliphatic carbocycles. The quantitative estimate of drug-likeness (QED) is 0.810. The molecule has 5 nitrogen and oxygen atoms in total. The number of carbonyl (C=O) groups is 1. The molecule has 1 fully saturated rings. The highest BCUT2D eigenvalue weighted by Crippen LogP contribution is 2.24. The average molecular weight is 344 g/mol. The Balaban J connectivity index is 1.43. The van der Waals surface area contributed by atoms with Gasteiger partial charge in [-0.15, -0.1) is 0 Å². The van der Waals surface area contributed by atoms with E-state index < -0.39 is 0 Å². The van der Waals surface area contributed by atoms with Crippen LogP contribution in [0.25, 0.3) is 0 Å². The normalized spacial score (nSPS) is 16.8. The Labute approximate surface area is 147 Å². The molecule has 0 spiro atoms. The molecule has 1 aromatic heterocycles. The summed E-state index contributed by atoms with van der Waals surface area (Å²) >= 11 is 0. The highest BCUT2D eigenvalue weighted by atomic mass is 19.1. The first-order valence-electron chi connectivity index (χ1n) is 8.98. The lowest BCUT2D eigenvalue weighted by atomic mass is 9.90. The van der Waals surface area contributed by atoms with Gasteiger partial charge >= 0.3 is 0 Å². The summed E-state index contributed by atoms with van der Waals surface area (Å²) in [6.07, 6.45) is 6.87. The first-order valence-corrected chi connectivity index (χ1v) is 8.98. The third-order valence-corrected chi connectivity index (χ3v) is 5.06. The van der Waals surface area contributed by atoms with Crippen LogP contribution in [0.5, 0.6) is 0 Å². The van der Waals surface area contributed by atoms with Crippen molar-refractivity contribution in [3.8, 4) is 0 Å². The van der Waals surface area contributed by atoms with Crippen LogP contribution in [-0.2, 0) is 17.8 Å². The molecule has 1 atom stereocenters. The van der Waals surface area contributed by atoms with E-state index in [1.54, 1.807) is 17.1 Å². The molecule has 0 radical (unpaired) electrons. The summed E-state index contributed by atoms with van der Waals surface area (Å²) in [4.78, 5) is 18.4. The average Bonchev–Trinajstić information content (AvgIpc) is 3.14. The minimum atomic E-state index is -0.114. The largest absolute Gasteiger partial charge is 0.342 e. The summed E-state index contributed by atoms with van der Waals surface area (Å²) in [5.74, 6) is 0.533. The smallest absolute Gasteiger partial charge is 0.227 e. The van der Waals surface area contributed by atoms with E-state index in [1.165, 1.54) is 12.4 Å². The monoisotopic (exact) mass is 344 g/mol. The van der Waals surface area contributed by atoms with E-state index in [0.717, 1.165) is 44.3 Å². The van der Waals surface area contributed by atoms with Gasteiger partial charge in [0.2, 0.25) is 5.91 Å². The van der Waals surface area contributed by atoms with Gasteiger partial charge in [-0.25, -0.2) is 9.37 Å². The summed E-state index contributed by atoms with van der Waals surface area (Å²) in [6, 6.07) is 6.99. The molecule has 25 heavy (non-hydrogen) atoms. The maximum atomic E-state index is 13.7. The zero-order valence-corrected chi connectivity index (χ0v) is 14.6. The van der Waals surface area contributed by atoms with Crippen LogP contribution in [0.1, 0.15) is 31.7 Å². The van der Waals surface area contributed by atoms with Crippen LogP contribution in [0.2, 0.25) is 0 Å². The van der Waals surface area contributed by atoms with E-state index in [4.69, 9.17) is 0 Å². The van der Waals surface area contributed by atoms with Gasteiger partial charge in [-0.3, -0.25) is 9.48 Å². The van der Waals surface area contributed by atoms with E-state index in [9.17, 15) is 9.18 Å². The van der Waals surface area contributed by atoms with Crippen LogP contribution in [0.3, 0.4) is 0 Å². The van der Waals surface area contributed by atoms with Crippen molar-refractivity contribution >= 4 is 5.91 Å². The zero-order chi connectivity index (χ0) is 17.6. The Kier molecular flexibility index (Phi) is 5.79. The van der Waals surface area contributed by atoms with E-state index in [0.29, 0.717) is 12.5 Å². The van der Waals surface area contributed by atoms with Gasteiger partial charge in [-0.05, 0) is 43.2 Å². The van der Waals surface area contributed by atoms with E-state index in [1.807, 2.05) is 24.0 Å². The fraction of sp³-hybridized carbons (Fsp3) is 0.526. The van der Waals surface area contributed by atoms with E-state index in [2.05, 4.69) is 10.1 Å². The molecule has 1 aliphatic rings. The summed E-state index contributed by atoms with van der Waals surface area (Å²) in [7, 11) is 0. The number of benzene rings is 1. The lowest BCUT2D eigenvalue weighted by Crippen LogP contribution is -2.42. The Hall–Kier alpha value is -2.24. The molecule has 2 heterocycles. The van der Waals surface area contributed by atoms with Crippen molar-refractivity contribution in [2.24, 2.45) is 11.8 Å². The number of halogens is 1. The number of aromatic nitrogens is 3. The maximum absolute atomic E-state index is 13.7. The second-order valence-corrected chi connectivity index (χ2v) is 6.92. The Morgan fingerprint density at radius 3 is 2.76 bits per heavy atom. The van der Waals surface area contributed by atoms with Gasteiger partial charge in [0.15, 0.2) is 0 Å². The molecule has 1 saturated heterocycles. The standard InChI is InChI=1S/C19H25FN4O/c1-15(12-24-14-21-13-22-24)19(25)23-10-8-16(9-11-23)6-7-17-4-2-3-5-18(17)20/h2-5,13-16H,6-12H2,1H3/t15-/m1/s1. The minimum Gasteiger partial charge on any atom is -0.342 e. The molecule has 0 N–H and O–H groups in total. The van der Waals surface area contributed by atoms with Crippen LogP contribution in [-0.4, -0.2) is 38.7 Å². The SMILES string of the molecule is C[C@H](Cn1cncn1)C(=O)N1CCC(CCc2ccccc2F)CC1. The van der Waals surface area contributed by atoms with Crippen LogP contribution >= 0.6 is 0 Å². The van der Waals surface area contributed by atoms with Gasteiger partial charge in [-0.2, -0.15) is 5.10 Å². The molecule has 3 rings (SSSR count). The van der Waals surface area contributed by atoms with Crippen molar-refractivity contribution < 1.29 is 9.18 Å². The van der Waals surface area contributed by atoms with Gasteiger partial charge in [-0.1, -0.05) is 25.1 Å². The zero-order valence-electron chi connectivity index (χ0n) is 14.6. The molecule has 1 aromatic carbocycles. The fourth-order valence-electron chi connectivity index (χ4n) is 3.50. The molecule has 1 aliphatic heterocycles. The third-order valence-electron chi connectivity index (χ3n) is 5.06. The number of aryl methyl sites for hydroxylation is 1. The van der Waals surface area contributed by atoms with Crippen LogP contribution in [0, 0.1) is 17.7 Å². The van der Waals surface area contributed by atoms with Crippen LogP contribution < -0.4 is 0 Å². The van der Waals surface area contributed by atoms with Gasteiger partial charge in [0, 0.05) is 13.1 Å². The molecular weight excluding hydrogens is 319 g/mol. The first kappa shape index (κ1) is 17.6. The van der Waals surface area contributed by atoms with Crippen molar-refractivity contribution in [2.45, 2.75) is 39.2 Å².